The average molecular weight is 401 g/mol. The molecule has 2 N–H and O–H groups in total. The SMILES string of the molecule is O=C(C[NH+]1CCCCCC1)Nc1cc(S(=O)(=O)N2CCCC2)ccc1Cl. The van der Waals surface area contributed by atoms with Crippen LogP contribution in [0, 0.1) is 0 Å². The van der Waals surface area contributed by atoms with Crippen molar-refractivity contribution in [3.8, 4) is 0 Å². The first kappa shape index (κ1) is 19.6. The number of sulfonamides is 1. The van der Waals surface area contributed by atoms with Crippen LogP contribution >= 0.6 is 11.6 Å². The van der Waals surface area contributed by atoms with Gasteiger partial charge in [-0.15, -0.1) is 0 Å². The van der Waals surface area contributed by atoms with Gasteiger partial charge >= 0.3 is 0 Å². The minimum Gasteiger partial charge on any atom is -0.327 e. The number of hydrogen-bond acceptors (Lipinski definition) is 3. The van der Waals surface area contributed by atoms with Crippen LogP contribution in [-0.2, 0) is 14.8 Å². The monoisotopic (exact) mass is 400 g/mol. The largest absolute Gasteiger partial charge is 0.327 e. The number of carbonyl (C=O) groups excluding carboxylic acids is 1. The molecule has 1 amide bonds. The Morgan fingerprint density at radius 3 is 2.38 bits per heavy atom. The highest BCUT2D eigenvalue weighted by atomic mass is 35.5. The van der Waals surface area contributed by atoms with Crippen molar-refractivity contribution >= 4 is 33.2 Å². The zero-order chi connectivity index (χ0) is 18.6. The zero-order valence-corrected chi connectivity index (χ0v) is 16.5. The number of nitrogens with zero attached hydrogens (tertiary/aromatic N) is 1. The number of amides is 1. The number of nitrogens with one attached hydrogen (secondary N) is 2. The fraction of sp³-hybridized carbons (Fsp3) is 0.611. The summed E-state index contributed by atoms with van der Waals surface area (Å²) in [7, 11) is -3.53. The molecule has 144 valence electrons. The molecule has 0 atom stereocenters. The maximum absolute atomic E-state index is 12.7. The minimum absolute atomic E-state index is 0.125. The second-order valence-electron chi connectivity index (χ2n) is 7.14. The van der Waals surface area contributed by atoms with Crippen LogP contribution < -0.4 is 10.2 Å². The number of anilines is 1. The second kappa shape index (κ2) is 8.69. The van der Waals surface area contributed by atoms with E-state index in [1.165, 1.54) is 34.2 Å². The normalized spacial score (nSPS) is 20.0. The van der Waals surface area contributed by atoms with Crippen molar-refractivity contribution in [1.29, 1.82) is 0 Å². The van der Waals surface area contributed by atoms with Crippen molar-refractivity contribution in [2.75, 3.05) is 38.0 Å². The third kappa shape index (κ3) is 4.76. The Bertz CT molecular complexity index is 740. The van der Waals surface area contributed by atoms with E-state index in [-0.39, 0.29) is 10.8 Å². The van der Waals surface area contributed by atoms with Gasteiger partial charge in [-0.1, -0.05) is 11.6 Å². The van der Waals surface area contributed by atoms with E-state index in [9.17, 15) is 13.2 Å². The average Bonchev–Trinajstić information content (AvgIpc) is 3.04. The quantitative estimate of drug-likeness (QED) is 0.787. The standard InChI is InChI=1S/C18H26ClN3O3S/c19-16-8-7-15(26(24,25)22-11-5-6-12-22)13-17(16)20-18(23)14-21-9-3-1-2-4-10-21/h7-8,13H,1-6,9-12,14H2,(H,20,23)/p+1. The molecule has 2 heterocycles. The Hall–Kier alpha value is -1.15. The summed E-state index contributed by atoms with van der Waals surface area (Å²) in [6.45, 7) is 3.49. The molecule has 0 aromatic heterocycles. The van der Waals surface area contributed by atoms with Crippen LogP contribution in [0.4, 0.5) is 5.69 Å². The lowest BCUT2D eigenvalue weighted by Crippen LogP contribution is -3.12. The van der Waals surface area contributed by atoms with Gasteiger partial charge in [0, 0.05) is 13.1 Å². The van der Waals surface area contributed by atoms with Crippen molar-refractivity contribution in [2.24, 2.45) is 0 Å². The smallest absolute Gasteiger partial charge is 0.279 e. The molecule has 2 aliphatic heterocycles. The lowest BCUT2D eigenvalue weighted by atomic mass is 10.2. The number of carbonyl (C=O) groups is 1. The molecular weight excluding hydrogens is 374 g/mol. The third-order valence-corrected chi connectivity index (χ3v) is 7.36. The third-order valence-electron chi connectivity index (χ3n) is 5.14. The van der Waals surface area contributed by atoms with Crippen LogP contribution in [0.15, 0.2) is 23.1 Å². The number of halogens is 1. The molecule has 6 nitrogen and oxygen atoms in total. The minimum atomic E-state index is -3.53. The maximum atomic E-state index is 12.7. The van der Waals surface area contributed by atoms with Gasteiger partial charge in [0.05, 0.1) is 28.7 Å². The predicted octanol–water partition coefficient (Wildman–Crippen LogP) is 1.52. The molecule has 2 saturated heterocycles. The summed E-state index contributed by atoms with van der Waals surface area (Å²) in [6.07, 6.45) is 6.52. The molecule has 0 spiro atoms. The first-order valence-corrected chi connectivity index (χ1v) is 11.2. The fourth-order valence-corrected chi connectivity index (χ4v) is 5.37. The Labute approximate surface area is 160 Å². The lowest BCUT2D eigenvalue weighted by molar-refractivity contribution is -0.890. The van der Waals surface area contributed by atoms with E-state index >= 15 is 0 Å². The second-order valence-corrected chi connectivity index (χ2v) is 9.49. The van der Waals surface area contributed by atoms with Crippen molar-refractivity contribution < 1.29 is 18.1 Å². The molecule has 0 radical (unpaired) electrons. The molecule has 1 aromatic carbocycles. The van der Waals surface area contributed by atoms with Crippen molar-refractivity contribution in [2.45, 2.75) is 43.4 Å². The molecular formula is C18H27ClN3O3S+. The first-order valence-electron chi connectivity index (χ1n) is 9.40. The molecule has 2 fully saturated rings. The van der Waals surface area contributed by atoms with Crippen LogP contribution in [0.1, 0.15) is 38.5 Å². The Balaban J connectivity index is 1.70. The molecule has 1 aromatic rings. The summed E-state index contributed by atoms with van der Waals surface area (Å²) in [5.41, 5.74) is 0.367. The molecule has 2 aliphatic rings. The summed E-state index contributed by atoms with van der Waals surface area (Å²) < 4.78 is 26.9. The Kier molecular flexibility index (Phi) is 6.55. The summed E-state index contributed by atoms with van der Waals surface area (Å²) >= 11 is 6.19. The molecule has 3 rings (SSSR count). The van der Waals surface area contributed by atoms with E-state index in [1.54, 1.807) is 6.07 Å². The molecule has 0 unspecified atom stereocenters. The number of hydrogen-bond donors (Lipinski definition) is 2. The topological polar surface area (TPSA) is 70.9 Å². The van der Waals surface area contributed by atoms with Gasteiger partial charge in [0.2, 0.25) is 10.0 Å². The maximum Gasteiger partial charge on any atom is 0.279 e. The molecule has 26 heavy (non-hydrogen) atoms. The van der Waals surface area contributed by atoms with Gasteiger partial charge in [0.15, 0.2) is 6.54 Å². The number of quaternary nitrogens is 1. The van der Waals surface area contributed by atoms with Gasteiger partial charge in [-0.05, 0) is 56.7 Å². The number of likely N-dealkylation sites (tertiary alicyclic amines) is 1. The Morgan fingerprint density at radius 2 is 1.73 bits per heavy atom. The highest BCUT2D eigenvalue weighted by Gasteiger charge is 2.28. The van der Waals surface area contributed by atoms with Crippen molar-refractivity contribution in [1.82, 2.24) is 4.31 Å². The van der Waals surface area contributed by atoms with E-state index < -0.39 is 10.0 Å². The van der Waals surface area contributed by atoms with Crippen LogP contribution in [0.25, 0.3) is 0 Å². The summed E-state index contributed by atoms with van der Waals surface area (Å²) in [5.74, 6) is -0.125. The molecule has 0 aliphatic carbocycles. The first-order chi connectivity index (χ1) is 12.5. The van der Waals surface area contributed by atoms with Gasteiger partial charge in [-0.3, -0.25) is 4.79 Å². The predicted molar refractivity (Wildman–Crippen MR) is 102 cm³/mol. The van der Waals surface area contributed by atoms with Crippen molar-refractivity contribution in [3.05, 3.63) is 23.2 Å². The van der Waals surface area contributed by atoms with Gasteiger partial charge in [0.25, 0.3) is 5.91 Å². The lowest BCUT2D eigenvalue weighted by Gasteiger charge is -2.18. The summed E-state index contributed by atoms with van der Waals surface area (Å²) in [5, 5.41) is 3.16. The van der Waals surface area contributed by atoms with Crippen LogP contribution in [0.2, 0.25) is 5.02 Å². The van der Waals surface area contributed by atoms with Gasteiger partial charge in [-0.25, -0.2) is 8.42 Å². The fourth-order valence-electron chi connectivity index (χ4n) is 3.66. The van der Waals surface area contributed by atoms with E-state index in [1.807, 2.05) is 0 Å². The van der Waals surface area contributed by atoms with Gasteiger partial charge in [-0.2, -0.15) is 4.31 Å². The van der Waals surface area contributed by atoms with E-state index in [2.05, 4.69) is 5.32 Å². The van der Waals surface area contributed by atoms with E-state index in [4.69, 9.17) is 11.6 Å². The molecule has 8 heteroatoms. The van der Waals surface area contributed by atoms with E-state index in [0.717, 1.165) is 38.8 Å². The van der Waals surface area contributed by atoms with Crippen molar-refractivity contribution in [3.63, 3.8) is 0 Å². The van der Waals surface area contributed by atoms with Crippen LogP contribution in [-0.4, -0.2) is 51.4 Å². The Morgan fingerprint density at radius 1 is 1.08 bits per heavy atom. The van der Waals surface area contributed by atoms with Crippen LogP contribution in [0.3, 0.4) is 0 Å². The van der Waals surface area contributed by atoms with E-state index in [0.29, 0.717) is 30.3 Å². The van der Waals surface area contributed by atoms with Gasteiger partial charge < -0.3 is 10.2 Å². The van der Waals surface area contributed by atoms with Gasteiger partial charge in [0.1, 0.15) is 0 Å². The highest BCUT2D eigenvalue weighted by Crippen LogP contribution is 2.28. The summed E-state index contributed by atoms with van der Waals surface area (Å²) in [6, 6.07) is 4.52. The molecule has 0 saturated carbocycles. The highest BCUT2D eigenvalue weighted by molar-refractivity contribution is 7.89. The van der Waals surface area contributed by atoms with Crippen LogP contribution in [0.5, 0.6) is 0 Å². The number of benzene rings is 1. The number of rotatable bonds is 5. The summed E-state index contributed by atoms with van der Waals surface area (Å²) in [4.78, 5) is 13.9. The molecule has 0 bridgehead atoms. The zero-order valence-electron chi connectivity index (χ0n) is 15.0.